The Morgan fingerprint density at radius 2 is 1.47 bits per heavy atom. The number of anilines is 3. The molecule has 0 saturated carbocycles. The second-order valence-electron chi connectivity index (χ2n) is 11.3. The Kier molecular flexibility index (Phi) is 6.17. The van der Waals surface area contributed by atoms with Crippen molar-refractivity contribution in [3.63, 3.8) is 0 Å². The summed E-state index contributed by atoms with van der Waals surface area (Å²) in [7, 11) is 0. The zero-order valence-corrected chi connectivity index (χ0v) is 24.0. The van der Waals surface area contributed by atoms with Gasteiger partial charge in [0.15, 0.2) is 0 Å². The summed E-state index contributed by atoms with van der Waals surface area (Å²) >= 11 is 0. The summed E-state index contributed by atoms with van der Waals surface area (Å²) in [6.07, 6.45) is 1.89. The fourth-order valence-corrected chi connectivity index (χ4v) is 7.25. The fraction of sp³-hybridized carbons (Fsp3) is 0.152. The van der Waals surface area contributed by atoms with Crippen LogP contribution in [0.25, 0.3) is 0 Å². The van der Waals surface area contributed by atoms with Gasteiger partial charge in [-0.1, -0.05) is 24.3 Å². The SMILES string of the molecule is Nc1ccc2c3c1CCCc1c(N)ccc(c1O3)C21c2cccc(F)c2C(=O)N1c1ccc2c(c1)C(=O)N(CC(=O)[O-])C2=O.[Li+]. The average Bonchev–Trinajstić information content (AvgIpc) is 3.37. The molecule has 4 aromatic rings. The number of carbonyl (C=O) groups excluding carboxylic acids is 4. The van der Waals surface area contributed by atoms with Gasteiger partial charge in [-0.15, -0.1) is 0 Å². The Balaban J connectivity index is 0.00000325. The molecule has 1 spiro atoms. The molecule has 10 nitrogen and oxygen atoms in total. The number of carbonyl (C=O) groups is 4. The van der Waals surface area contributed by atoms with E-state index in [1.807, 2.05) is 0 Å². The van der Waals surface area contributed by atoms with E-state index in [0.717, 1.165) is 17.5 Å². The van der Waals surface area contributed by atoms with E-state index < -0.39 is 41.6 Å². The van der Waals surface area contributed by atoms with Gasteiger partial charge < -0.3 is 26.1 Å². The van der Waals surface area contributed by atoms with Gasteiger partial charge in [0.05, 0.1) is 29.2 Å². The van der Waals surface area contributed by atoms with E-state index >= 15 is 4.39 Å². The van der Waals surface area contributed by atoms with Crippen molar-refractivity contribution in [2.75, 3.05) is 22.9 Å². The van der Waals surface area contributed by atoms with Crippen molar-refractivity contribution in [1.29, 1.82) is 0 Å². The van der Waals surface area contributed by atoms with Crippen molar-refractivity contribution in [1.82, 2.24) is 4.90 Å². The molecule has 3 amide bonds. The van der Waals surface area contributed by atoms with Gasteiger partial charge in [-0.2, -0.15) is 0 Å². The molecular weight excluding hydrogens is 574 g/mol. The number of nitrogens with zero attached hydrogens (tertiary/aromatic N) is 2. The molecule has 0 fully saturated rings. The molecule has 0 unspecified atom stereocenters. The molecule has 45 heavy (non-hydrogen) atoms. The first-order valence-electron chi connectivity index (χ1n) is 14.0. The van der Waals surface area contributed by atoms with Crippen molar-refractivity contribution in [2.45, 2.75) is 24.8 Å². The Bertz CT molecular complexity index is 2000. The summed E-state index contributed by atoms with van der Waals surface area (Å²) in [5, 5.41) is 11.3. The van der Waals surface area contributed by atoms with Gasteiger partial charge in [-0.3, -0.25) is 24.2 Å². The van der Waals surface area contributed by atoms with Gasteiger partial charge in [-0.25, -0.2) is 4.39 Å². The first kappa shape index (κ1) is 28.6. The number of hydrogen-bond acceptors (Lipinski definition) is 8. The van der Waals surface area contributed by atoms with E-state index in [2.05, 4.69) is 0 Å². The minimum atomic E-state index is -1.60. The van der Waals surface area contributed by atoms with Crippen LogP contribution in [-0.2, 0) is 23.2 Å². The van der Waals surface area contributed by atoms with E-state index in [1.54, 1.807) is 30.3 Å². The Labute approximate surface area is 267 Å². The number of aliphatic carboxylic acids is 1. The van der Waals surface area contributed by atoms with Crippen LogP contribution < -0.4 is 45.1 Å². The zero-order chi connectivity index (χ0) is 30.7. The quantitative estimate of drug-likeness (QED) is 0.188. The summed E-state index contributed by atoms with van der Waals surface area (Å²) in [5.41, 5.74) is 15.4. The maximum Gasteiger partial charge on any atom is 1.00 e. The van der Waals surface area contributed by atoms with Crippen LogP contribution in [0, 0.1) is 5.82 Å². The Hall–Kier alpha value is -5.11. The molecule has 0 aliphatic carbocycles. The molecule has 4 heterocycles. The molecule has 218 valence electrons. The number of halogens is 1. The summed E-state index contributed by atoms with van der Waals surface area (Å²) in [6, 6.07) is 15.7. The second kappa shape index (κ2) is 9.69. The first-order chi connectivity index (χ1) is 21.1. The maximum atomic E-state index is 15.7. The topological polar surface area (TPSA) is 159 Å². The van der Waals surface area contributed by atoms with Crippen molar-refractivity contribution in [3.05, 3.63) is 111 Å². The van der Waals surface area contributed by atoms with Crippen molar-refractivity contribution in [3.8, 4) is 11.5 Å². The van der Waals surface area contributed by atoms with E-state index in [0.29, 0.717) is 57.3 Å². The fourth-order valence-electron chi connectivity index (χ4n) is 7.25. The van der Waals surface area contributed by atoms with E-state index in [4.69, 9.17) is 16.2 Å². The van der Waals surface area contributed by atoms with Crippen LogP contribution in [0.4, 0.5) is 21.5 Å². The van der Waals surface area contributed by atoms with Gasteiger partial charge in [0, 0.05) is 44.9 Å². The van der Waals surface area contributed by atoms with Crippen LogP contribution in [0.5, 0.6) is 11.5 Å². The van der Waals surface area contributed by atoms with Gasteiger partial charge in [0.2, 0.25) is 0 Å². The van der Waals surface area contributed by atoms with Crippen LogP contribution in [0.15, 0.2) is 60.7 Å². The number of ether oxygens (including phenoxy) is 1. The molecule has 12 heteroatoms. The third kappa shape index (κ3) is 3.56. The number of hydrogen-bond donors (Lipinski definition) is 2. The second-order valence-corrected chi connectivity index (χ2v) is 11.3. The van der Waals surface area contributed by atoms with Crippen LogP contribution in [0.1, 0.15) is 65.3 Å². The molecule has 0 aromatic heterocycles. The molecule has 4 aliphatic rings. The maximum absolute atomic E-state index is 15.7. The zero-order valence-electron chi connectivity index (χ0n) is 24.0. The van der Waals surface area contributed by atoms with Crippen molar-refractivity contribution in [2.24, 2.45) is 0 Å². The van der Waals surface area contributed by atoms with Crippen molar-refractivity contribution >= 4 is 40.8 Å². The summed E-state index contributed by atoms with van der Waals surface area (Å²) in [4.78, 5) is 53.9. The van der Waals surface area contributed by atoms with Crippen molar-refractivity contribution < 1.29 is 52.3 Å². The van der Waals surface area contributed by atoms with E-state index in [-0.39, 0.29) is 41.2 Å². The number of carboxylic acids is 1. The summed E-state index contributed by atoms with van der Waals surface area (Å²) in [5.74, 6) is -3.72. The Morgan fingerprint density at radius 3 is 2.09 bits per heavy atom. The largest absolute Gasteiger partial charge is 1.00 e. The molecule has 0 saturated heterocycles. The predicted molar refractivity (Wildman–Crippen MR) is 154 cm³/mol. The third-order valence-electron chi connectivity index (χ3n) is 9.09. The number of carboxylic acid groups (broad SMARTS) is 1. The molecule has 0 atom stereocenters. The normalized spacial score (nSPS) is 16.5. The smallest absolute Gasteiger partial charge is 0.548 e. The van der Waals surface area contributed by atoms with Crippen LogP contribution >= 0.6 is 0 Å². The van der Waals surface area contributed by atoms with Crippen LogP contribution in [0.3, 0.4) is 0 Å². The minimum absolute atomic E-state index is 0. The van der Waals surface area contributed by atoms with Gasteiger partial charge in [0.25, 0.3) is 17.7 Å². The number of imide groups is 1. The summed E-state index contributed by atoms with van der Waals surface area (Å²) in [6.45, 7) is -0.919. The molecule has 4 aromatic carbocycles. The van der Waals surface area contributed by atoms with Gasteiger partial charge in [-0.05, 0) is 55.7 Å². The number of amides is 3. The van der Waals surface area contributed by atoms with Crippen LogP contribution in [0.2, 0.25) is 0 Å². The molecular formula is C33H22FLiN4O6. The molecule has 4 aliphatic heterocycles. The van der Waals surface area contributed by atoms with E-state index in [1.165, 1.54) is 35.2 Å². The van der Waals surface area contributed by atoms with Crippen LogP contribution in [-0.4, -0.2) is 35.1 Å². The number of fused-ring (bicyclic) bond motifs is 5. The monoisotopic (exact) mass is 596 g/mol. The van der Waals surface area contributed by atoms with Gasteiger partial charge in [0.1, 0.15) is 22.9 Å². The number of rotatable bonds is 3. The number of nitrogen functional groups attached to an aromatic ring is 2. The summed E-state index contributed by atoms with van der Waals surface area (Å²) < 4.78 is 22.3. The Morgan fingerprint density at radius 1 is 0.844 bits per heavy atom. The molecule has 2 bridgehead atoms. The van der Waals surface area contributed by atoms with Gasteiger partial charge >= 0.3 is 18.9 Å². The molecule has 4 N–H and O–H groups in total. The minimum Gasteiger partial charge on any atom is -0.548 e. The van der Waals surface area contributed by atoms with E-state index in [9.17, 15) is 24.3 Å². The first-order valence-corrected chi connectivity index (χ1v) is 14.0. The molecule has 8 rings (SSSR count). The number of benzene rings is 4. The predicted octanol–water partition coefficient (Wildman–Crippen LogP) is -0.113. The average molecular weight is 597 g/mol. The number of nitrogens with two attached hydrogens (primary N) is 2. The third-order valence-corrected chi connectivity index (χ3v) is 9.09. The standard InChI is InChI=1S/C33H23FN4O6.Li/c34-23-6-2-5-20-27(23)32(43)38(15-7-8-16-19(13-15)31(42)37(30(16)41)14-26(39)40)33(20)21-9-11-24(35)17-3-1-4-18-25(36)12-10-22(33)29(18)44-28(17)21;/h2,5-13H,1,3-4,14,35-36H2,(H,39,40);/q;+1/p-1. The molecule has 0 radical (unpaired) electrons.